The van der Waals surface area contributed by atoms with Crippen LogP contribution in [-0.4, -0.2) is 48.1 Å². The van der Waals surface area contributed by atoms with Gasteiger partial charge in [0.2, 0.25) is 0 Å². The molecule has 1 fully saturated rings. The van der Waals surface area contributed by atoms with Gasteiger partial charge in [0.15, 0.2) is 12.4 Å². The number of amides is 1. The lowest BCUT2D eigenvalue weighted by atomic mass is 9.86. The lowest BCUT2D eigenvalue weighted by molar-refractivity contribution is -0.140. The van der Waals surface area contributed by atoms with Gasteiger partial charge in [0.05, 0.1) is 12.0 Å². The Morgan fingerprint density at radius 1 is 1.29 bits per heavy atom. The molecule has 130 valence electrons. The Balaban J connectivity index is 1.94. The summed E-state index contributed by atoms with van der Waals surface area (Å²) in [6.45, 7) is 2.03. The molecule has 24 heavy (non-hydrogen) atoms. The quantitative estimate of drug-likeness (QED) is 0.731. The van der Waals surface area contributed by atoms with Crippen LogP contribution in [0.1, 0.15) is 36.5 Å². The highest BCUT2D eigenvalue weighted by Crippen LogP contribution is 2.24. The van der Waals surface area contributed by atoms with Gasteiger partial charge in [-0.05, 0) is 31.9 Å². The zero-order chi connectivity index (χ0) is 17.6. The second kappa shape index (κ2) is 7.92. The van der Waals surface area contributed by atoms with E-state index < -0.39 is 17.4 Å². The highest BCUT2D eigenvalue weighted by Gasteiger charge is 2.36. The topological polar surface area (TPSA) is 102 Å². The van der Waals surface area contributed by atoms with E-state index in [0.717, 1.165) is 0 Å². The van der Waals surface area contributed by atoms with Crippen LogP contribution >= 0.6 is 0 Å². The molecule has 1 aromatic rings. The fourth-order valence-corrected chi connectivity index (χ4v) is 2.68. The maximum Gasteiger partial charge on any atom is 0.305 e. The summed E-state index contributed by atoms with van der Waals surface area (Å²) in [6.07, 6.45) is 0.748. The standard InChI is InChI=1S/C17H21NO6/c1-12(19)13-3-2-4-14(9-13)24-11-15(20)18-17(10-16(21)22)5-7-23-8-6-17/h2-4,9H,5-8,10-11H2,1H3,(H,18,20)(H,21,22). The van der Waals surface area contributed by atoms with Crippen molar-refractivity contribution in [3.05, 3.63) is 29.8 Å². The second-order valence-electron chi connectivity index (χ2n) is 5.88. The molecule has 0 aliphatic carbocycles. The molecular weight excluding hydrogens is 314 g/mol. The predicted octanol–water partition coefficient (Wildman–Crippen LogP) is 1.41. The Labute approximate surface area is 139 Å². The lowest BCUT2D eigenvalue weighted by Crippen LogP contribution is -2.54. The molecule has 0 unspecified atom stereocenters. The van der Waals surface area contributed by atoms with Crippen LogP contribution in [-0.2, 0) is 14.3 Å². The molecule has 7 nitrogen and oxygen atoms in total. The fraction of sp³-hybridized carbons (Fsp3) is 0.471. The van der Waals surface area contributed by atoms with Gasteiger partial charge in [-0.2, -0.15) is 0 Å². The monoisotopic (exact) mass is 335 g/mol. The first kappa shape index (κ1) is 17.9. The maximum atomic E-state index is 12.2. The number of ether oxygens (including phenoxy) is 2. The summed E-state index contributed by atoms with van der Waals surface area (Å²) in [7, 11) is 0. The van der Waals surface area contributed by atoms with Gasteiger partial charge >= 0.3 is 5.97 Å². The van der Waals surface area contributed by atoms with Crippen molar-refractivity contribution < 1.29 is 29.0 Å². The molecule has 0 radical (unpaired) electrons. The molecule has 0 atom stereocenters. The molecule has 1 aromatic carbocycles. The second-order valence-corrected chi connectivity index (χ2v) is 5.88. The minimum atomic E-state index is -0.965. The molecule has 2 rings (SSSR count). The van der Waals surface area contributed by atoms with Crippen molar-refractivity contribution in [2.24, 2.45) is 0 Å². The van der Waals surface area contributed by atoms with Crippen molar-refractivity contribution in [3.8, 4) is 5.75 Å². The molecule has 1 saturated heterocycles. The van der Waals surface area contributed by atoms with Gasteiger partial charge in [-0.25, -0.2) is 0 Å². The number of ketones is 1. The molecule has 7 heteroatoms. The number of carbonyl (C=O) groups excluding carboxylic acids is 2. The van der Waals surface area contributed by atoms with E-state index in [-0.39, 0.29) is 18.8 Å². The summed E-state index contributed by atoms with van der Waals surface area (Å²) < 4.78 is 10.7. The Bertz CT molecular complexity index is 621. The first-order valence-electron chi connectivity index (χ1n) is 7.75. The summed E-state index contributed by atoms with van der Waals surface area (Å²) in [4.78, 5) is 34.6. The van der Waals surface area contributed by atoms with E-state index in [1.165, 1.54) is 6.92 Å². The number of benzene rings is 1. The summed E-state index contributed by atoms with van der Waals surface area (Å²) in [5, 5.41) is 11.9. The minimum absolute atomic E-state index is 0.0903. The number of hydrogen-bond acceptors (Lipinski definition) is 5. The van der Waals surface area contributed by atoms with Gasteiger partial charge in [-0.15, -0.1) is 0 Å². The van der Waals surface area contributed by atoms with Crippen molar-refractivity contribution >= 4 is 17.7 Å². The lowest BCUT2D eigenvalue weighted by Gasteiger charge is -2.36. The average molecular weight is 335 g/mol. The van der Waals surface area contributed by atoms with E-state index in [2.05, 4.69) is 5.32 Å². The summed E-state index contributed by atoms with van der Waals surface area (Å²) in [5.41, 5.74) is -0.300. The third kappa shape index (κ3) is 5.06. The Kier molecular flexibility index (Phi) is 5.92. The number of nitrogens with one attached hydrogen (secondary N) is 1. The Morgan fingerprint density at radius 2 is 2.00 bits per heavy atom. The number of Topliss-reactive ketones (excluding diaryl/α,β-unsaturated/α-hetero) is 1. The van der Waals surface area contributed by atoms with Gasteiger partial charge < -0.3 is 19.9 Å². The van der Waals surface area contributed by atoms with E-state index in [1.54, 1.807) is 24.3 Å². The smallest absolute Gasteiger partial charge is 0.305 e. The summed E-state index contributed by atoms with van der Waals surface area (Å²) >= 11 is 0. The summed E-state index contributed by atoms with van der Waals surface area (Å²) in [6, 6.07) is 6.56. The summed E-state index contributed by atoms with van der Waals surface area (Å²) in [5.74, 6) is -1.04. The maximum absolute atomic E-state index is 12.2. The Hall–Kier alpha value is -2.41. The number of rotatable bonds is 7. The third-order valence-electron chi connectivity index (χ3n) is 3.95. The van der Waals surface area contributed by atoms with Crippen molar-refractivity contribution in [2.75, 3.05) is 19.8 Å². The molecule has 0 aromatic heterocycles. The predicted molar refractivity (Wildman–Crippen MR) is 85.1 cm³/mol. The van der Waals surface area contributed by atoms with Gasteiger partial charge in [0.1, 0.15) is 5.75 Å². The van der Waals surface area contributed by atoms with E-state index in [4.69, 9.17) is 14.6 Å². The van der Waals surface area contributed by atoms with E-state index in [0.29, 0.717) is 37.4 Å². The molecule has 0 saturated carbocycles. The van der Waals surface area contributed by atoms with Crippen LogP contribution in [0.25, 0.3) is 0 Å². The molecule has 0 bridgehead atoms. The van der Waals surface area contributed by atoms with Crippen LogP contribution in [0.2, 0.25) is 0 Å². The van der Waals surface area contributed by atoms with Crippen molar-refractivity contribution in [1.29, 1.82) is 0 Å². The highest BCUT2D eigenvalue weighted by atomic mass is 16.5. The van der Waals surface area contributed by atoms with Crippen LogP contribution in [0.15, 0.2) is 24.3 Å². The molecule has 1 amide bonds. The zero-order valence-corrected chi connectivity index (χ0v) is 13.5. The minimum Gasteiger partial charge on any atom is -0.484 e. The van der Waals surface area contributed by atoms with Crippen LogP contribution < -0.4 is 10.1 Å². The molecule has 1 heterocycles. The molecule has 1 aliphatic rings. The highest BCUT2D eigenvalue weighted by molar-refractivity contribution is 5.94. The van der Waals surface area contributed by atoms with Gasteiger partial charge in [-0.3, -0.25) is 14.4 Å². The van der Waals surface area contributed by atoms with E-state index in [9.17, 15) is 14.4 Å². The van der Waals surface area contributed by atoms with Crippen molar-refractivity contribution in [3.63, 3.8) is 0 Å². The van der Waals surface area contributed by atoms with Gasteiger partial charge in [0.25, 0.3) is 5.91 Å². The molecule has 0 spiro atoms. The molecule has 1 aliphatic heterocycles. The van der Waals surface area contributed by atoms with Gasteiger partial charge in [0, 0.05) is 18.8 Å². The SMILES string of the molecule is CC(=O)c1cccc(OCC(=O)NC2(CC(=O)O)CCOCC2)c1. The van der Waals surface area contributed by atoms with Crippen LogP contribution in [0.3, 0.4) is 0 Å². The zero-order valence-electron chi connectivity index (χ0n) is 13.5. The van der Waals surface area contributed by atoms with E-state index >= 15 is 0 Å². The number of carbonyl (C=O) groups is 3. The van der Waals surface area contributed by atoms with E-state index in [1.807, 2.05) is 0 Å². The fourth-order valence-electron chi connectivity index (χ4n) is 2.68. The number of hydrogen-bond donors (Lipinski definition) is 2. The largest absolute Gasteiger partial charge is 0.484 e. The number of carboxylic acids is 1. The average Bonchev–Trinajstić information content (AvgIpc) is 2.53. The number of carboxylic acid groups (broad SMARTS) is 1. The van der Waals surface area contributed by atoms with Crippen molar-refractivity contribution in [1.82, 2.24) is 5.32 Å². The molecule has 2 N–H and O–H groups in total. The normalized spacial score (nSPS) is 16.2. The first-order chi connectivity index (χ1) is 11.4. The van der Waals surface area contributed by atoms with Crippen LogP contribution in [0, 0.1) is 0 Å². The van der Waals surface area contributed by atoms with Gasteiger partial charge in [-0.1, -0.05) is 12.1 Å². The number of aliphatic carboxylic acids is 1. The molecular formula is C17H21NO6. The van der Waals surface area contributed by atoms with Crippen LogP contribution in [0.4, 0.5) is 0 Å². The Morgan fingerprint density at radius 3 is 2.62 bits per heavy atom. The third-order valence-corrected chi connectivity index (χ3v) is 3.95. The van der Waals surface area contributed by atoms with Crippen molar-refractivity contribution in [2.45, 2.75) is 31.7 Å². The first-order valence-corrected chi connectivity index (χ1v) is 7.75. The van der Waals surface area contributed by atoms with Crippen LogP contribution in [0.5, 0.6) is 5.75 Å².